The van der Waals surface area contributed by atoms with Gasteiger partial charge in [0.05, 0.1) is 37.2 Å². The van der Waals surface area contributed by atoms with E-state index in [0.717, 1.165) is 77.4 Å². The molecule has 0 spiro atoms. The van der Waals surface area contributed by atoms with Gasteiger partial charge in [0.15, 0.2) is 0 Å². The topological polar surface area (TPSA) is 151 Å². The molecule has 10 heteroatoms. The normalized spacial score (nSPS) is 37.7. The Bertz CT molecular complexity index is 750. The highest BCUT2D eigenvalue weighted by atomic mass is 16.5. The zero-order valence-corrected chi connectivity index (χ0v) is 21.9. The zero-order chi connectivity index (χ0) is 25.5. The van der Waals surface area contributed by atoms with E-state index in [4.69, 9.17) is 20.9 Å². The molecule has 4 aliphatic rings. The van der Waals surface area contributed by atoms with Gasteiger partial charge in [0, 0.05) is 50.5 Å². The van der Waals surface area contributed by atoms with Crippen molar-refractivity contribution >= 4 is 5.91 Å². The number of methoxy groups -OCH3 is 1. The van der Waals surface area contributed by atoms with Gasteiger partial charge in [-0.15, -0.1) is 0 Å². The third-order valence-electron chi connectivity index (χ3n) is 8.99. The van der Waals surface area contributed by atoms with Crippen molar-refractivity contribution in [3.63, 3.8) is 0 Å². The predicted octanol–water partition coefficient (Wildman–Crippen LogP) is 0.228. The molecule has 1 amide bonds. The molecule has 2 saturated carbocycles. The highest BCUT2D eigenvalue weighted by molar-refractivity contribution is 5.79. The first kappa shape index (κ1) is 27.7. The fourth-order valence-electron chi connectivity index (χ4n) is 6.84. The summed E-state index contributed by atoms with van der Waals surface area (Å²) in [4.78, 5) is 15.3. The van der Waals surface area contributed by atoms with Gasteiger partial charge < -0.3 is 36.9 Å². The highest BCUT2D eigenvalue weighted by Gasteiger charge is 2.39. The van der Waals surface area contributed by atoms with Crippen molar-refractivity contribution in [2.24, 2.45) is 29.2 Å². The number of piperidine rings is 1. The monoisotopic (exact) mass is 505 g/mol. The van der Waals surface area contributed by atoms with Crippen LogP contribution in [0.5, 0.6) is 0 Å². The number of nitrogens with zero attached hydrogens (tertiary/aromatic N) is 2. The molecule has 0 aromatic carbocycles. The van der Waals surface area contributed by atoms with E-state index in [1.54, 1.807) is 7.11 Å². The predicted molar refractivity (Wildman–Crippen MR) is 137 cm³/mol. The van der Waals surface area contributed by atoms with Crippen LogP contribution in [0.25, 0.3) is 0 Å². The van der Waals surface area contributed by atoms with E-state index in [9.17, 15) is 10.1 Å². The molecule has 2 aliphatic carbocycles. The number of rotatable bonds is 8. The lowest BCUT2D eigenvalue weighted by Gasteiger charge is -2.40. The summed E-state index contributed by atoms with van der Waals surface area (Å²) in [5.74, 6) is 0.269. The third-order valence-corrected chi connectivity index (χ3v) is 8.99. The fraction of sp³-hybridized carbons (Fsp3) is 0.923. The summed E-state index contributed by atoms with van der Waals surface area (Å²) in [6.07, 6.45) is 8.59. The van der Waals surface area contributed by atoms with E-state index >= 15 is 0 Å². The lowest BCUT2D eigenvalue weighted by atomic mass is 9.80. The highest BCUT2D eigenvalue weighted by Crippen LogP contribution is 2.30. The molecule has 2 saturated heterocycles. The average Bonchev–Trinajstić information content (AvgIpc) is 3.09. The van der Waals surface area contributed by atoms with E-state index in [0.29, 0.717) is 13.2 Å². The Balaban J connectivity index is 1.26. The number of nitrogens with two attached hydrogens (primary N) is 2. The molecule has 8 unspecified atom stereocenters. The van der Waals surface area contributed by atoms with Crippen molar-refractivity contribution in [2.75, 3.05) is 39.9 Å². The number of carbonyl (C=O) groups is 1. The standard InChI is InChI=1S/C26H47N7O3/c1-35-22-8-3-2-7-19(22)21(14-27)32-26(34)17-5-4-6-18(13-17)31-16-24(28)33-11-12-36-23-15-30-10-9-20(23)25(33)29/h17-25,30-31H,2-13,15-16,28-29H2,1H3,(H,32,34)/t17?,18?,19?,20?,21-,22?,23?,24?,25?/m1/s1. The van der Waals surface area contributed by atoms with E-state index in [-0.39, 0.29) is 54.2 Å². The first-order valence-electron chi connectivity index (χ1n) is 14.1. The Hall–Kier alpha value is -1.32. The Labute approximate surface area is 216 Å². The first-order chi connectivity index (χ1) is 17.5. The fourth-order valence-corrected chi connectivity index (χ4v) is 6.84. The molecule has 7 N–H and O–H groups in total. The van der Waals surface area contributed by atoms with Gasteiger partial charge in [0.25, 0.3) is 0 Å². The second-order valence-electron chi connectivity index (χ2n) is 11.2. The SMILES string of the molecule is COC1CCCCC1[C@@H](C#N)NC(=O)C1CCCC(NCC(N)N2CCOC3CNCCC3C2N)C1. The van der Waals surface area contributed by atoms with Crippen molar-refractivity contribution in [2.45, 2.75) is 94.4 Å². The number of hydrogen-bond donors (Lipinski definition) is 5. The van der Waals surface area contributed by atoms with Crippen molar-refractivity contribution in [3.8, 4) is 6.07 Å². The maximum Gasteiger partial charge on any atom is 0.224 e. The first-order valence-corrected chi connectivity index (χ1v) is 14.1. The summed E-state index contributed by atoms with van der Waals surface area (Å²) >= 11 is 0. The molecule has 36 heavy (non-hydrogen) atoms. The zero-order valence-electron chi connectivity index (χ0n) is 21.9. The van der Waals surface area contributed by atoms with Crippen LogP contribution in [-0.2, 0) is 14.3 Å². The largest absolute Gasteiger partial charge is 0.381 e. The Morgan fingerprint density at radius 1 is 1.25 bits per heavy atom. The summed E-state index contributed by atoms with van der Waals surface area (Å²) in [5, 5.41) is 19.9. The number of fused-ring (bicyclic) bond motifs is 1. The van der Waals surface area contributed by atoms with Gasteiger partial charge in [-0.1, -0.05) is 19.3 Å². The van der Waals surface area contributed by atoms with E-state index in [1.807, 2.05) is 0 Å². The van der Waals surface area contributed by atoms with Crippen molar-refractivity contribution in [1.29, 1.82) is 5.26 Å². The van der Waals surface area contributed by atoms with Gasteiger partial charge in [-0.2, -0.15) is 5.26 Å². The molecule has 4 rings (SSSR count). The van der Waals surface area contributed by atoms with Gasteiger partial charge in [-0.05, 0) is 45.1 Å². The van der Waals surface area contributed by atoms with Crippen molar-refractivity contribution < 1.29 is 14.3 Å². The number of nitrogens with one attached hydrogen (secondary N) is 3. The van der Waals surface area contributed by atoms with E-state index in [2.05, 4.69) is 26.9 Å². The van der Waals surface area contributed by atoms with Gasteiger partial charge >= 0.3 is 0 Å². The lowest BCUT2D eigenvalue weighted by molar-refractivity contribution is -0.127. The van der Waals surface area contributed by atoms with Gasteiger partial charge in [0.1, 0.15) is 6.04 Å². The van der Waals surface area contributed by atoms with Crippen LogP contribution < -0.4 is 27.4 Å². The van der Waals surface area contributed by atoms with Crippen LogP contribution in [0, 0.1) is 29.1 Å². The van der Waals surface area contributed by atoms with Crippen LogP contribution in [0.15, 0.2) is 0 Å². The van der Waals surface area contributed by atoms with Gasteiger partial charge in [-0.25, -0.2) is 0 Å². The summed E-state index contributed by atoms with van der Waals surface area (Å²) in [5.41, 5.74) is 13.3. The Morgan fingerprint density at radius 3 is 2.89 bits per heavy atom. The van der Waals surface area contributed by atoms with E-state index < -0.39 is 6.04 Å². The van der Waals surface area contributed by atoms with Crippen molar-refractivity contribution in [1.82, 2.24) is 20.9 Å². The summed E-state index contributed by atoms with van der Waals surface area (Å²) in [7, 11) is 1.71. The molecule has 4 fully saturated rings. The van der Waals surface area contributed by atoms with Gasteiger partial charge in [-0.3, -0.25) is 9.69 Å². The number of ether oxygens (including phenoxy) is 2. The Morgan fingerprint density at radius 2 is 2.08 bits per heavy atom. The summed E-state index contributed by atoms with van der Waals surface area (Å²) < 4.78 is 11.7. The second-order valence-corrected chi connectivity index (χ2v) is 11.2. The smallest absolute Gasteiger partial charge is 0.224 e. The third kappa shape index (κ3) is 6.76. The average molecular weight is 506 g/mol. The summed E-state index contributed by atoms with van der Waals surface area (Å²) in [6.45, 7) is 3.81. The van der Waals surface area contributed by atoms with Crippen LogP contribution in [-0.4, -0.2) is 87.3 Å². The molecule has 10 nitrogen and oxygen atoms in total. The molecule has 0 aromatic heterocycles. The molecule has 0 aromatic rings. The van der Waals surface area contributed by atoms with Crippen molar-refractivity contribution in [3.05, 3.63) is 0 Å². The maximum atomic E-state index is 13.2. The second kappa shape index (κ2) is 13.5. The summed E-state index contributed by atoms with van der Waals surface area (Å²) in [6, 6.07) is 2.09. The van der Waals surface area contributed by atoms with Crippen LogP contribution in [0.1, 0.15) is 57.8 Å². The minimum absolute atomic E-state index is 0.00131. The van der Waals surface area contributed by atoms with Crippen LogP contribution >= 0.6 is 0 Å². The number of nitriles is 1. The van der Waals surface area contributed by atoms with Crippen LogP contribution in [0.3, 0.4) is 0 Å². The molecule has 0 radical (unpaired) electrons. The Kier molecular flexibility index (Phi) is 10.4. The van der Waals surface area contributed by atoms with Crippen LogP contribution in [0.4, 0.5) is 0 Å². The molecule has 0 bridgehead atoms. The minimum Gasteiger partial charge on any atom is -0.381 e. The molecule has 2 heterocycles. The molecule has 9 atom stereocenters. The quantitative estimate of drug-likeness (QED) is 0.312. The molecular formula is C26H47N7O3. The molecule has 204 valence electrons. The van der Waals surface area contributed by atoms with Gasteiger partial charge in [0.2, 0.25) is 5.91 Å². The number of amides is 1. The van der Waals surface area contributed by atoms with Crippen LogP contribution in [0.2, 0.25) is 0 Å². The van der Waals surface area contributed by atoms with E-state index in [1.165, 1.54) is 0 Å². The molecule has 2 aliphatic heterocycles. The minimum atomic E-state index is -0.491. The number of hydrogen-bond acceptors (Lipinski definition) is 9. The molecular weight excluding hydrogens is 458 g/mol. The lowest BCUT2D eigenvalue weighted by Crippen LogP contribution is -2.61. The number of carbonyl (C=O) groups excluding carboxylic acids is 1. The maximum absolute atomic E-state index is 13.2.